The zero-order chi connectivity index (χ0) is 18.7. The third-order valence-corrected chi connectivity index (χ3v) is 4.94. The summed E-state index contributed by atoms with van der Waals surface area (Å²) in [6.07, 6.45) is 3.22. The summed E-state index contributed by atoms with van der Waals surface area (Å²) in [6.45, 7) is 2.86. The maximum absolute atomic E-state index is 12.5. The molecular weight excluding hydrogens is 344 g/mol. The summed E-state index contributed by atoms with van der Waals surface area (Å²) in [5.74, 6) is 0.135. The van der Waals surface area contributed by atoms with Crippen LogP contribution in [0.4, 0.5) is 11.5 Å². The summed E-state index contributed by atoms with van der Waals surface area (Å²) < 4.78 is 11.5. The molecule has 7 heteroatoms. The topological polar surface area (TPSA) is 87.5 Å². The first-order chi connectivity index (χ1) is 13.2. The predicted molar refractivity (Wildman–Crippen MR) is 99.4 cm³/mol. The van der Waals surface area contributed by atoms with Crippen LogP contribution in [-0.4, -0.2) is 43.0 Å². The standard InChI is InChI=1S/C20H20N4O3/c21-14-15-1-3-17(4-2-15)23-19(25)16-5-8-22-18(13-16)24-9-6-20(7-10-24)26-11-12-27-20/h1-5,8,13H,6-7,9-12H2,(H,23,25). The second-order valence-corrected chi connectivity index (χ2v) is 6.64. The van der Waals surface area contributed by atoms with E-state index in [-0.39, 0.29) is 5.91 Å². The van der Waals surface area contributed by atoms with Crippen molar-refractivity contribution in [1.82, 2.24) is 4.98 Å². The van der Waals surface area contributed by atoms with Crippen LogP contribution in [0, 0.1) is 11.3 Å². The molecule has 0 unspecified atom stereocenters. The van der Waals surface area contributed by atoms with Gasteiger partial charge in [-0.25, -0.2) is 4.98 Å². The molecule has 2 aliphatic rings. The fourth-order valence-corrected chi connectivity index (χ4v) is 3.43. The first-order valence-corrected chi connectivity index (χ1v) is 8.98. The molecule has 1 amide bonds. The summed E-state index contributed by atoms with van der Waals surface area (Å²) in [4.78, 5) is 19.1. The number of piperidine rings is 1. The molecular formula is C20H20N4O3. The van der Waals surface area contributed by atoms with E-state index in [2.05, 4.69) is 21.3 Å². The molecule has 0 saturated carbocycles. The molecule has 1 N–H and O–H groups in total. The molecule has 4 rings (SSSR count). The van der Waals surface area contributed by atoms with Crippen molar-refractivity contribution < 1.29 is 14.3 Å². The van der Waals surface area contributed by atoms with Gasteiger partial charge in [0.15, 0.2) is 5.79 Å². The van der Waals surface area contributed by atoms with E-state index in [9.17, 15) is 4.79 Å². The second kappa shape index (κ2) is 7.35. The van der Waals surface area contributed by atoms with Crippen LogP contribution >= 0.6 is 0 Å². The van der Waals surface area contributed by atoms with Gasteiger partial charge in [-0.05, 0) is 36.4 Å². The number of hydrogen-bond donors (Lipinski definition) is 1. The lowest BCUT2D eigenvalue weighted by molar-refractivity contribution is -0.169. The van der Waals surface area contributed by atoms with Gasteiger partial charge in [0.05, 0.1) is 24.8 Å². The number of nitrogens with one attached hydrogen (secondary N) is 1. The average molecular weight is 364 g/mol. The maximum atomic E-state index is 12.5. The normalized spacial score (nSPS) is 18.3. The Morgan fingerprint density at radius 2 is 1.85 bits per heavy atom. The summed E-state index contributed by atoms with van der Waals surface area (Å²) in [5, 5.41) is 11.7. The lowest BCUT2D eigenvalue weighted by Gasteiger charge is -2.38. The van der Waals surface area contributed by atoms with Crippen LogP contribution in [-0.2, 0) is 9.47 Å². The summed E-state index contributed by atoms with van der Waals surface area (Å²) >= 11 is 0. The van der Waals surface area contributed by atoms with Crippen LogP contribution in [0.15, 0.2) is 42.6 Å². The van der Waals surface area contributed by atoms with E-state index in [0.29, 0.717) is 30.0 Å². The highest BCUT2D eigenvalue weighted by molar-refractivity contribution is 6.04. The van der Waals surface area contributed by atoms with Crippen molar-refractivity contribution in [2.75, 3.05) is 36.5 Å². The molecule has 1 spiro atoms. The van der Waals surface area contributed by atoms with Gasteiger partial charge < -0.3 is 19.7 Å². The third-order valence-electron chi connectivity index (χ3n) is 4.94. The third kappa shape index (κ3) is 3.77. The number of rotatable bonds is 3. The van der Waals surface area contributed by atoms with Gasteiger partial charge in [0.2, 0.25) is 0 Å². The number of anilines is 2. The highest BCUT2D eigenvalue weighted by Crippen LogP contribution is 2.32. The van der Waals surface area contributed by atoms with E-state index in [0.717, 1.165) is 31.7 Å². The molecule has 7 nitrogen and oxygen atoms in total. The molecule has 3 heterocycles. The van der Waals surface area contributed by atoms with Gasteiger partial charge in [-0.3, -0.25) is 4.79 Å². The highest BCUT2D eigenvalue weighted by atomic mass is 16.7. The molecule has 0 bridgehead atoms. The van der Waals surface area contributed by atoms with E-state index >= 15 is 0 Å². The Morgan fingerprint density at radius 1 is 1.15 bits per heavy atom. The van der Waals surface area contributed by atoms with Crippen LogP contribution in [0.5, 0.6) is 0 Å². The number of hydrogen-bond acceptors (Lipinski definition) is 6. The van der Waals surface area contributed by atoms with E-state index in [4.69, 9.17) is 14.7 Å². The second-order valence-electron chi connectivity index (χ2n) is 6.64. The first-order valence-electron chi connectivity index (χ1n) is 8.98. The Bertz CT molecular complexity index is 860. The van der Waals surface area contributed by atoms with Gasteiger partial charge in [-0.1, -0.05) is 0 Å². The van der Waals surface area contributed by atoms with Crippen LogP contribution in [0.2, 0.25) is 0 Å². The fourth-order valence-electron chi connectivity index (χ4n) is 3.43. The SMILES string of the molecule is N#Cc1ccc(NC(=O)c2ccnc(N3CCC4(CC3)OCCO4)c2)cc1. The van der Waals surface area contributed by atoms with Crippen LogP contribution in [0.25, 0.3) is 0 Å². The summed E-state index contributed by atoms with van der Waals surface area (Å²) in [7, 11) is 0. The molecule has 0 radical (unpaired) electrons. The average Bonchev–Trinajstić information content (AvgIpc) is 3.17. The number of benzene rings is 1. The highest BCUT2D eigenvalue weighted by Gasteiger charge is 2.40. The molecule has 2 aromatic rings. The minimum atomic E-state index is -0.429. The predicted octanol–water partition coefficient (Wildman–Crippen LogP) is 2.55. The number of aromatic nitrogens is 1. The van der Waals surface area contributed by atoms with Gasteiger partial charge in [-0.15, -0.1) is 0 Å². The molecule has 2 saturated heterocycles. The van der Waals surface area contributed by atoms with Crippen LogP contribution in [0.3, 0.4) is 0 Å². The molecule has 1 aromatic carbocycles. The Morgan fingerprint density at radius 3 is 2.52 bits per heavy atom. The van der Waals surface area contributed by atoms with E-state index in [1.165, 1.54) is 0 Å². The number of pyridine rings is 1. The Labute approximate surface area is 157 Å². The van der Waals surface area contributed by atoms with Crippen LogP contribution < -0.4 is 10.2 Å². The van der Waals surface area contributed by atoms with E-state index in [1.807, 2.05) is 0 Å². The maximum Gasteiger partial charge on any atom is 0.255 e. The minimum absolute atomic E-state index is 0.209. The van der Waals surface area contributed by atoms with Crippen LogP contribution in [0.1, 0.15) is 28.8 Å². The molecule has 27 heavy (non-hydrogen) atoms. The van der Waals surface area contributed by atoms with Crippen molar-refractivity contribution in [2.24, 2.45) is 0 Å². The lowest BCUT2D eigenvalue weighted by atomic mass is 10.0. The van der Waals surface area contributed by atoms with Crippen molar-refractivity contribution in [2.45, 2.75) is 18.6 Å². The number of carbonyl (C=O) groups excluding carboxylic acids is 1. The molecule has 1 aromatic heterocycles. The van der Waals surface area contributed by atoms with E-state index in [1.54, 1.807) is 42.6 Å². The number of ether oxygens (including phenoxy) is 2. The van der Waals surface area contributed by atoms with Gasteiger partial charge >= 0.3 is 0 Å². The summed E-state index contributed by atoms with van der Waals surface area (Å²) in [5.41, 5.74) is 1.74. The van der Waals surface area contributed by atoms with Gasteiger partial charge in [-0.2, -0.15) is 5.26 Å². The van der Waals surface area contributed by atoms with Crippen molar-refractivity contribution in [3.05, 3.63) is 53.7 Å². The van der Waals surface area contributed by atoms with Crippen molar-refractivity contribution in [3.63, 3.8) is 0 Å². The van der Waals surface area contributed by atoms with Gasteiger partial charge in [0.1, 0.15) is 5.82 Å². The quantitative estimate of drug-likeness (QED) is 0.901. The number of nitriles is 1. The number of nitrogens with zero attached hydrogens (tertiary/aromatic N) is 3. The Balaban J connectivity index is 1.42. The largest absolute Gasteiger partial charge is 0.356 e. The number of carbonyl (C=O) groups is 1. The van der Waals surface area contributed by atoms with Crippen molar-refractivity contribution in [3.8, 4) is 6.07 Å². The summed E-state index contributed by atoms with van der Waals surface area (Å²) in [6, 6.07) is 12.3. The molecule has 138 valence electrons. The molecule has 2 aliphatic heterocycles. The Kier molecular flexibility index (Phi) is 4.75. The first kappa shape index (κ1) is 17.5. The minimum Gasteiger partial charge on any atom is -0.356 e. The smallest absolute Gasteiger partial charge is 0.255 e. The monoisotopic (exact) mass is 364 g/mol. The van der Waals surface area contributed by atoms with E-state index < -0.39 is 5.79 Å². The number of amides is 1. The Hall–Kier alpha value is -2.95. The zero-order valence-corrected chi connectivity index (χ0v) is 14.9. The molecule has 0 atom stereocenters. The van der Waals surface area contributed by atoms with Gasteiger partial charge in [0, 0.05) is 43.4 Å². The fraction of sp³-hybridized carbons (Fsp3) is 0.350. The zero-order valence-electron chi connectivity index (χ0n) is 14.9. The lowest BCUT2D eigenvalue weighted by Crippen LogP contribution is -2.45. The molecule has 2 fully saturated rings. The van der Waals surface area contributed by atoms with Crippen molar-refractivity contribution in [1.29, 1.82) is 5.26 Å². The molecule has 0 aliphatic carbocycles. The van der Waals surface area contributed by atoms with Crippen molar-refractivity contribution >= 4 is 17.4 Å². The van der Waals surface area contributed by atoms with Gasteiger partial charge in [0.25, 0.3) is 5.91 Å².